The SMILES string of the molecule is C[C@H]1[C@H](c2cn[nH]c2)NCCN1c1ccnc(-c2cnc3ccc(C(F)(F)F)cn23)n1. The number of pyridine rings is 1. The van der Waals surface area contributed by atoms with Crippen molar-refractivity contribution in [2.24, 2.45) is 0 Å². The Labute approximate surface area is 175 Å². The van der Waals surface area contributed by atoms with Crippen molar-refractivity contribution in [1.29, 1.82) is 0 Å². The van der Waals surface area contributed by atoms with Gasteiger partial charge in [0.2, 0.25) is 0 Å². The zero-order valence-electron chi connectivity index (χ0n) is 16.5. The van der Waals surface area contributed by atoms with Gasteiger partial charge in [-0.05, 0) is 25.1 Å². The van der Waals surface area contributed by atoms with Gasteiger partial charge in [0.05, 0.1) is 24.0 Å². The highest BCUT2D eigenvalue weighted by Crippen LogP contribution is 2.31. The van der Waals surface area contributed by atoms with Gasteiger partial charge in [0.15, 0.2) is 5.82 Å². The van der Waals surface area contributed by atoms with Crippen LogP contribution in [0.2, 0.25) is 0 Å². The quantitative estimate of drug-likeness (QED) is 0.522. The molecule has 0 unspecified atom stereocenters. The number of aromatic amines is 1. The van der Waals surface area contributed by atoms with E-state index in [1.807, 2.05) is 12.3 Å². The van der Waals surface area contributed by atoms with Gasteiger partial charge in [-0.25, -0.2) is 15.0 Å². The van der Waals surface area contributed by atoms with E-state index in [1.54, 1.807) is 12.4 Å². The van der Waals surface area contributed by atoms with Gasteiger partial charge in [-0.1, -0.05) is 0 Å². The molecule has 160 valence electrons. The number of imidazole rings is 1. The van der Waals surface area contributed by atoms with Gasteiger partial charge in [-0.2, -0.15) is 18.3 Å². The Morgan fingerprint density at radius 3 is 2.77 bits per heavy atom. The van der Waals surface area contributed by atoms with Gasteiger partial charge in [0.1, 0.15) is 17.2 Å². The predicted octanol–water partition coefficient (Wildman–Crippen LogP) is 3.07. The lowest BCUT2D eigenvalue weighted by atomic mass is 10.00. The molecule has 1 saturated heterocycles. The van der Waals surface area contributed by atoms with Crippen molar-refractivity contribution in [3.8, 4) is 11.5 Å². The number of aromatic nitrogens is 6. The fourth-order valence-electron chi connectivity index (χ4n) is 3.99. The molecule has 0 amide bonds. The molecule has 2 atom stereocenters. The molecule has 5 heterocycles. The number of anilines is 1. The lowest BCUT2D eigenvalue weighted by molar-refractivity contribution is -0.137. The van der Waals surface area contributed by atoms with Gasteiger partial charge in [-0.15, -0.1) is 0 Å². The highest BCUT2D eigenvalue weighted by molar-refractivity contribution is 5.59. The van der Waals surface area contributed by atoms with Crippen molar-refractivity contribution in [2.75, 3.05) is 18.0 Å². The van der Waals surface area contributed by atoms with Crippen LogP contribution < -0.4 is 10.2 Å². The molecule has 0 saturated carbocycles. The van der Waals surface area contributed by atoms with E-state index in [4.69, 9.17) is 0 Å². The minimum atomic E-state index is -4.45. The molecule has 31 heavy (non-hydrogen) atoms. The minimum absolute atomic E-state index is 0.0658. The van der Waals surface area contributed by atoms with Crippen LogP contribution >= 0.6 is 0 Å². The van der Waals surface area contributed by atoms with Crippen molar-refractivity contribution < 1.29 is 13.2 Å². The second-order valence-corrected chi connectivity index (χ2v) is 7.42. The minimum Gasteiger partial charge on any atom is -0.351 e. The summed E-state index contributed by atoms with van der Waals surface area (Å²) < 4.78 is 40.9. The van der Waals surface area contributed by atoms with Crippen LogP contribution in [0.4, 0.5) is 19.0 Å². The third-order valence-electron chi connectivity index (χ3n) is 5.57. The highest BCUT2D eigenvalue weighted by atomic mass is 19.4. The maximum Gasteiger partial charge on any atom is 0.417 e. The number of piperazine rings is 1. The average Bonchev–Trinajstić information content (AvgIpc) is 3.43. The number of alkyl halides is 3. The molecule has 4 aromatic rings. The van der Waals surface area contributed by atoms with Crippen LogP contribution in [0.25, 0.3) is 17.2 Å². The summed E-state index contributed by atoms with van der Waals surface area (Å²) in [5.41, 5.74) is 1.09. The molecule has 0 aliphatic carbocycles. The van der Waals surface area contributed by atoms with Crippen LogP contribution in [0.1, 0.15) is 24.1 Å². The van der Waals surface area contributed by atoms with E-state index >= 15 is 0 Å². The first-order chi connectivity index (χ1) is 14.9. The Hall–Kier alpha value is -3.47. The Balaban J connectivity index is 1.51. The van der Waals surface area contributed by atoms with Gasteiger partial charge in [-0.3, -0.25) is 9.50 Å². The number of H-pyrrole nitrogens is 1. The summed E-state index contributed by atoms with van der Waals surface area (Å²) in [6.07, 6.45) is 3.34. The van der Waals surface area contributed by atoms with Gasteiger partial charge in [0, 0.05) is 43.3 Å². The van der Waals surface area contributed by atoms with Crippen molar-refractivity contribution in [3.05, 3.63) is 60.3 Å². The number of nitrogens with zero attached hydrogens (tertiary/aromatic N) is 6. The van der Waals surface area contributed by atoms with Crippen molar-refractivity contribution in [3.63, 3.8) is 0 Å². The summed E-state index contributed by atoms with van der Waals surface area (Å²) in [7, 11) is 0. The summed E-state index contributed by atoms with van der Waals surface area (Å²) in [5, 5.41) is 10.4. The molecular formula is C20H19F3N8. The largest absolute Gasteiger partial charge is 0.417 e. The average molecular weight is 428 g/mol. The second kappa shape index (κ2) is 7.34. The zero-order chi connectivity index (χ0) is 21.6. The third kappa shape index (κ3) is 3.50. The normalized spacial score (nSPS) is 19.8. The summed E-state index contributed by atoms with van der Waals surface area (Å²) >= 11 is 0. The van der Waals surface area contributed by atoms with Crippen LogP contribution in [0.3, 0.4) is 0 Å². The third-order valence-corrected chi connectivity index (χ3v) is 5.57. The predicted molar refractivity (Wildman–Crippen MR) is 107 cm³/mol. The molecule has 8 nitrogen and oxygen atoms in total. The lowest BCUT2D eigenvalue weighted by Gasteiger charge is -2.40. The van der Waals surface area contributed by atoms with E-state index in [9.17, 15) is 13.2 Å². The molecule has 1 aliphatic heterocycles. The first-order valence-corrected chi connectivity index (χ1v) is 9.78. The first-order valence-electron chi connectivity index (χ1n) is 9.78. The molecule has 0 bridgehead atoms. The lowest BCUT2D eigenvalue weighted by Crippen LogP contribution is -2.52. The molecule has 5 rings (SSSR count). The molecule has 2 N–H and O–H groups in total. The smallest absolute Gasteiger partial charge is 0.351 e. The standard InChI is InChI=1S/C20H19F3N8/c1-12-18(13-8-27-28-9-13)24-6-7-30(12)17-4-5-25-19(29-17)15-10-26-16-3-2-14(11-31(15)16)20(21,22)23/h2-5,8-12,18,24H,6-7H2,1H3,(H,27,28)/t12-,18+/m0/s1. The Bertz CT molecular complexity index is 1200. The zero-order valence-corrected chi connectivity index (χ0v) is 16.5. The fourth-order valence-corrected chi connectivity index (χ4v) is 3.99. The first kappa shape index (κ1) is 19.5. The molecule has 0 radical (unpaired) electrons. The van der Waals surface area contributed by atoms with Gasteiger partial charge >= 0.3 is 6.18 Å². The fraction of sp³-hybridized carbons (Fsp3) is 0.300. The molecule has 1 fully saturated rings. The molecule has 0 aromatic carbocycles. The van der Waals surface area contributed by atoms with E-state index in [-0.39, 0.29) is 12.1 Å². The van der Waals surface area contributed by atoms with Crippen LogP contribution in [0.15, 0.2) is 49.2 Å². The van der Waals surface area contributed by atoms with Gasteiger partial charge in [0.25, 0.3) is 0 Å². The number of nitrogens with one attached hydrogen (secondary N) is 2. The van der Waals surface area contributed by atoms with Crippen LogP contribution in [0, 0.1) is 0 Å². The van der Waals surface area contributed by atoms with E-state index in [0.29, 0.717) is 23.0 Å². The van der Waals surface area contributed by atoms with Crippen LogP contribution in [-0.2, 0) is 6.18 Å². The second-order valence-electron chi connectivity index (χ2n) is 7.42. The number of rotatable bonds is 3. The summed E-state index contributed by atoms with van der Waals surface area (Å²) in [6.45, 7) is 3.58. The Morgan fingerprint density at radius 1 is 1.13 bits per heavy atom. The summed E-state index contributed by atoms with van der Waals surface area (Å²) in [4.78, 5) is 15.3. The molecule has 0 spiro atoms. The van der Waals surface area contributed by atoms with Crippen LogP contribution in [0.5, 0.6) is 0 Å². The number of halogens is 3. The van der Waals surface area contributed by atoms with E-state index in [0.717, 1.165) is 30.9 Å². The van der Waals surface area contributed by atoms with Crippen molar-refractivity contribution >= 4 is 11.5 Å². The highest BCUT2D eigenvalue weighted by Gasteiger charge is 2.32. The summed E-state index contributed by atoms with van der Waals surface area (Å²) in [5.74, 6) is 1.02. The Kier molecular flexibility index (Phi) is 4.62. The summed E-state index contributed by atoms with van der Waals surface area (Å²) in [6, 6.07) is 4.30. The topological polar surface area (TPSA) is 87.0 Å². The molecular weight excluding hydrogens is 409 g/mol. The maximum atomic E-state index is 13.2. The van der Waals surface area contributed by atoms with E-state index in [2.05, 4.69) is 42.3 Å². The molecule has 4 aromatic heterocycles. The van der Waals surface area contributed by atoms with Crippen molar-refractivity contribution in [2.45, 2.75) is 25.2 Å². The van der Waals surface area contributed by atoms with E-state index < -0.39 is 11.7 Å². The van der Waals surface area contributed by atoms with E-state index in [1.165, 1.54) is 16.7 Å². The molecule has 11 heteroatoms. The Morgan fingerprint density at radius 2 is 2.00 bits per heavy atom. The van der Waals surface area contributed by atoms with Crippen LogP contribution in [-0.4, -0.2) is 48.7 Å². The monoisotopic (exact) mass is 428 g/mol. The van der Waals surface area contributed by atoms with Gasteiger partial charge < -0.3 is 10.2 Å². The van der Waals surface area contributed by atoms with Crippen molar-refractivity contribution in [1.82, 2.24) is 34.9 Å². The maximum absolute atomic E-state index is 13.2. The number of hydrogen-bond acceptors (Lipinski definition) is 6. The number of fused-ring (bicyclic) bond motifs is 1. The molecule has 1 aliphatic rings. The number of hydrogen-bond donors (Lipinski definition) is 2.